The molecule has 1 saturated heterocycles. The molecule has 3 heteroatoms. The predicted octanol–water partition coefficient (Wildman–Crippen LogP) is 4.34. The molecule has 0 radical (unpaired) electrons. The summed E-state index contributed by atoms with van der Waals surface area (Å²) in [7, 11) is 0. The Labute approximate surface area is 153 Å². The van der Waals surface area contributed by atoms with Crippen molar-refractivity contribution in [1.29, 1.82) is 0 Å². The molecule has 0 aromatic heterocycles. The second-order valence-electron chi connectivity index (χ2n) is 8.08. The van der Waals surface area contributed by atoms with Crippen molar-refractivity contribution in [3.8, 4) is 0 Å². The van der Waals surface area contributed by atoms with Crippen LogP contribution in [0.25, 0.3) is 0 Å². The van der Waals surface area contributed by atoms with E-state index in [0.717, 1.165) is 32.5 Å². The van der Waals surface area contributed by atoms with E-state index in [-0.39, 0.29) is 5.92 Å². The van der Waals surface area contributed by atoms with Gasteiger partial charge in [0.05, 0.1) is 0 Å². The Morgan fingerprint density at radius 2 is 1.68 bits per heavy atom. The van der Waals surface area contributed by atoms with E-state index in [2.05, 4.69) is 47.5 Å². The Hall–Kier alpha value is -1.35. The molecule has 1 atom stereocenters. The van der Waals surface area contributed by atoms with E-state index in [4.69, 9.17) is 0 Å². The zero-order chi connectivity index (χ0) is 17.5. The van der Waals surface area contributed by atoms with Gasteiger partial charge in [-0.25, -0.2) is 0 Å². The van der Waals surface area contributed by atoms with Gasteiger partial charge in [0.25, 0.3) is 0 Å². The number of carbonyl (C=O) groups is 1. The van der Waals surface area contributed by atoms with Gasteiger partial charge in [0, 0.05) is 18.5 Å². The Morgan fingerprint density at radius 1 is 1.04 bits per heavy atom. The summed E-state index contributed by atoms with van der Waals surface area (Å²) >= 11 is 0. The SMILES string of the molecule is C[C@@H](CN1CCC(C(=O)NC2CCCCCC2)CC1)c1ccccc1. The van der Waals surface area contributed by atoms with E-state index >= 15 is 0 Å². The van der Waals surface area contributed by atoms with Crippen LogP contribution in [0.4, 0.5) is 0 Å². The van der Waals surface area contributed by atoms with Crippen molar-refractivity contribution < 1.29 is 4.79 Å². The predicted molar refractivity (Wildman–Crippen MR) is 104 cm³/mol. The number of likely N-dealkylation sites (tertiary alicyclic amines) is 1. The molecule has 1 aromatic carbocycles. The lowest BCUT2D eigenvalue weighted by atomic mass is 9.93. The van der Waals surface area contributed by atoms with Crippen molar-refractivity contribution in [2.24, 2.45) is 5.92 Å². The van der Waals surface area contributed by atoms with Gasteiger partial charge in [-0.15, -0.1) is 0 Å². The third-order valence-electron chi connectivity index (χ3n) is 6.06. The molecular formula is C22H34N2O. The highest BCUT2D eigenvalue weighted by molar-refractivity contribution is 5.79. The zero-order valence-electron chi connectivity index (χ0n) is 15.8. The molecule has 25 heavy (non-hydrogen) atoms. The lowest BCUT2D eigenvalue weighted by molar-refractivity contribution is -0.127. The van der Waals surface area contributed by atoms with Gasteiger partial charge in [-0.2, -0.15) is 0 Å². The van der Waals surface area contributed by atoms with Crippen molar-refractivity contribution in [3.05, 3.63) is 35.9 Å². The van der Waals surface area contributed by atoms with Crippen LogP contribution in [0.15, 0.2) is 30.3 Å². The van der Waals surface area contributed by atoms with Gasteiger partial charge in [0.1, 0.15) is 0 Å². The zero-order valence-corrected chi connectivity index (χ0v) is 15.8. The fourth-order valence-electron chi connectivity index (χ4n) is 4.39. The first kappa shape index (κ1) is 18.4. The summed E-state index contributed by atoms with van der Waals surface area (Å²) in [5.41, 5.74) is 1.41. The van der Waals surface area contributed by atoms with Crippen LogP contribution in [-0.2, 0) is 4.79 Å². The summed E-state index contributed by atoms with van der Waals surface area (Å²) in [4.78, 5) is 15.1. The van der Waals surface area contributed by atoms with Crippen molar-refractivity contribution in [3.63, 3.8) is 0 Å². The maximum atomic E-state index is 12.6. The molecule has 2 fully saturated rings. The number of carbonyl (C=O) groups excluding carboxylic acids is 1. The molecule has 0 unspecified atom stereocenters. The number of nitrogens with zero attached hydrogens (tertiary/aromatic N) is 1. The monoisotopic (exact) mass is 342 g/mol. The Balaban J connectivity index is 1.41. The number of benzene rings is 1. The van der Waals surface area contributed by atoms with Gasteiger partial charge in [-0.3, -0.25) is 4.79 Å². The Bertz CT molecular complexity index is 514. The second-order valence-corrected chi connectivity index (χ2v) is 8.08. The van der Waals surface area contributed by atoms with Gasteiger partial charge in [-0.05, 0) is 50.3 Å². The first-order chi connectivity index (χ1) is 12.2. The molecule has 0 spiro atoms. The number of piperidine rings is 1. The maximum Gasteiger partial charge on any atom is 0.223 e. The summed E-state index contributed by atoms with van der Waals surface area (Å²) in [6.07, 6.45) is 9.62. The molecule has 1 amide bonds. The molecule has 1 N–H and O–H groups in total. The maximum absolute atomic E-state index is 12.6. The molecule has 2 aliphatic rings. The normalized spacial score (nSPS) is 22.3. The molecule has 3 nitrogen and oxygen atoms in total. The largest absolute Gasteiger partial charge is 0.353 e. The molecule has 1 heterocycles. The second kappa shape index (κ2) is 9.38. The quantitative estimate of drug-likeness (QED) is 0.807. The highest BCUT2D eigenvalue weighted by Crippen LogP contribution is 2.23. The average molecular weight is 343 g/mol. The lowest BCUT2D eigenvalue weighted by Crippen LogP contribution is -2.44. The van der Waals surface area contributed by atoms with E-state index in [9.17, 15) is 4.79 Å². The van der Waals surface area contributed by atoms with Gasteiger partial charge >= 0.3 is 0 Å². The fourth-order valence-corrected chi connectivity index (χ4v) is 4.39. The van der Waals surface area contributed by atoms with Crippen molar-refractivity contribution in [2.45, 2.75) is 70.3 Å². The van der Waals surface area contributed by atoms with Crippen LogP contribution in [0, 0.1) is 5.92 Å². The van der Waals surface area contributed by atoms with Crippen molar-refractivity contribution in [1.82, 2.24) is 10.2 Å². The van der Waals surface area contributed by atoms with Crippen LogP contribution in [0.2, 0.25) is 0 Å². The number of rotatable bonds is 5. The van der Waals surface area contributed by atoms with Gasteiger partial charge in [0.15, 0.2) is 0 Å². The molecule has 1 saturated carbocycles. The minimum Gasteiger partial charge on any atom is -0.353 e. The van der Waals surface area contributed by atoms with E-state index in [1.165, 1.54) is 44.1 Å². The van der Waals surface area contributed by atoms with Crippen LogP contribution in [0.3, 0.4) is 0 Å². The first-order valence-corrected chi connectivity index (χ1v) is 10.3. The van der Waals surface area contributed by atoms with E-state index in [1.54, 1.807) is 0 Å². The van der Waals surface area contributed by atoms with Gasteiger partial charge in [0.2, 0.25) is 5.91 Å². The number of hydrogen-bond acceptors (Lipinski definition) is 2. The topological polar surface area (TPSA) is 32.3 Å². The third kappa shape index (κ3) is 5.57. The summed E-state index contributed by atoms with van der Waals surface area (Å²) in [5, 5.41) is 3.35. The fraction of sp³-hybridized carbons (Fsp3) is 0.682. The van der Waals surface area contributed by atoms with E-state index in [1.807, 2.05) is 0 Å². The van der Waals surface area contributed by atoms with Crippen molar-refractivity contribution >= 4 is 5.91 Å². The smallest absolute Gasteiger partial charge is 0.223 e. The minimum atomic E-state index is 0.228. The first-order valence-electron chi connectivity index (χ1n) is 10.3. The number of nitrogens with one attached hydrogen (secondary N) is 1. The molecule has 1 aliphatic carbocycles. The molecular weight excluding hydrogens is 308 g/mol. The van der Waals surface area contributed by atoms with E-state index < -0.39 is 0 Å². The Morgan fingerprint density at radius 3 is 2.32 bits per heavy atom. The highest BCUT2D eigenvalue weighted by atomic mass is 16.1. The van der Waals surface area contributed by atoms with Crippen LogP contribution in [0.5, 0.6) is 0 Å². The Kier molecular flexibility index (Phi) is 6.92. The number of amides is 1. The van der Waals surface area contributed by atoms with Crippen LogP contribution >= 0.6 is 0 Å². The third-order valence-corrected chi connectivity index (χ3v) is 6.06. The molecule has 1 aromatic rings. The molecule has 138 valence electrons. The van der Waals surface area contributed by atoms with Crippen molar-refractivity contribution in [2.75, 3.05) is 19.6 Å². The molecule has 0 bridgehead atoms. The lowest BCUT2D eigenvalue weighted by Gasteiger charge is -2.33. The summed E-state index contributed by atoms with van der Waals surface area (Å²) < 4.78 is 0. The van der Waals surface area contributed by atoms with Gasteiger partial charge in [-0.1, -0.05) is 62.9 Å². The standard InChI is InChI=1S/C22H34N2O/c1-18(19-9-5-4-6-10-19)17-24-15-13-20(14-16-24)22(25)23-21-11-7-2-3-8-12-21/h4-6,9-10,18,20-21H,2-3,7-8,11-17H2,1H3,(H,23,25)/t18-/m0/s1. The minimum absolute atomic E-state index is 0.228. The summed E-state index contributed by atoms with van der Waals surface area (Å²) in [5.74, 6) is 1.10. The van der Waals surface area contributed by atoms with Gasteiger partial charge < -0.3 is 10.2 Å². The van der Waals surface area contributed by atoms with Crippen LogP contribution < -0.4 is 5.32 Å². The molecule has 3 rings (SSSR count). The van der Waals surface area contributed by atoms with Crippen LogP contribution in [0.1, 0.15) is 69.8 Å². The average Bonchev–Trinajstić information content (AvgIpc) is 2.91. The summed E-state index contributed by atoms with van der Waals surface area (Å²) in [6, 6.07) is 11.2. The number of hydrogen-bond donors (Lipinski definition) is 1. The molecule has 1 aliphatic heterocycles. The summed E-state index contributed by atoms with van der Waals surface area (Å²) in [6.45, 7) is 5.51. The van der Waals surface area contributed by atoms with E-state index in [0.29, 0.717) is 17.9 Å². The van der Waals surface area contributed by atoms with Crippen LogP contribution in [-0.4, -0.2) is 36.5 Å². The highest BCUT2D eigenvalue weighted by Gasteiger charge is 2.27.